The highest BCUT2D eigenvalue weighted by Crippen LogP contribution is 2.39. The van der Waals surface area contributed by atoms with Crippen molar-refractivity contribution in [3.63, 3.8) is 0 Å². The van der Waals surface area contributed by atoms with Crippen LogP contribution in [0.4, 0.5) is 14.5 Å². The summed E-state index contributed by atoms with van der Waals surface area (Å²) in [6.07, 6.45) is 1.99. The van der Waals surface area contributed by atoms with Gasteiger partial charge in [-0.2, -0.15) is 0 Å². The van der Waals surface area contributed by atoms with Crippen LogP contribution in [0, 0.1) is 11.6 Å². The normalized spacial score (nSPS) is 20.8. The second kappa shape index (κ2) is 9.86. The van der Waals surface area contributed by atoms with Crippen molar-refractivity contribution in [2.24, 2.45) is 0 Å². The average molecular weight is 416 g/mol. The molecule has 30 heavy (non-hydrogen) atoms. The van der Waals surface area contributed by atoms with Crippen LogP contribution in [0.3, 0.4) is 0 Å². The lowest BCUT2D eigenvalue weighted by Crippen LogP contribution is -2.49. The van der Waals surface area contributed by atoms with Gasteiger partial charge in [0.25, 0.3) is 0 Å². The fraction of sp³-hybridized carbons (Fsp3) is 0.500. The number of hydrogen-bond donors (Lipinski definition) is 1. The second-order valence-corrected chi connectivity index (χ2v) is 8.34. The van der Waals surface area contributed by atoms with Crippen molar-refractivity contribution in [2.75, 3.05) is 63.9 Å². The number of halogens is 2. The molecule has 1 fully saturated rings. The molecule has 162 valence electrons. The third kappa shape index (κ3) is 4.99. The predicted molar refractivity (Wildman–Crippen MR) is 116 cm³/mol. The Balaban J connectivity index is 1.48. The molecule has 1 saturated heterocycles. The molecular weight excluding hydrogens is 384 g/mol. The first kappa shape index (κ1) is 21.2. The second-order valence-electron chi connectivity index (χ2n) is 8.34. The molecule has 1 atom stereocenters. The van der Waals surface area contributed by atoms with E-state index in [2.05, 4.69) is 14.7 Å². The van der Waals surface area contributed by atoms with E-state index in [0.717, 1.165) is 82.0 Å². The number of benzene rings is 2. The maximum Gasteiger partial charge on any atom is 0.125 e. The lowest BCUT2D eigenvalue weighted by molar-refractivity contribution is 0.114. The molecular formula is C24H31F2N3O. The summed E-state index contributed by atoms with van der Waals surface area (Å²) < 4.78 is 27.6. The third-order valence-electron chi connectivity index (χ3n) is 6.47. The van der Waals surface area contributed by atoms with Gasteiger partial charge < -0.3 is 10.0 Å². The summed E-state index contributed by atoms with van der Waals surface area (Å²) in [4.78, 5) is 7.07. The first-order valence-electron chi connectivity index (χ1n) is 11.0. The molecule has 0 amide bonds. The van der Waals surface area contributed by atoms with Gasteiger partial charge in [0.05, 0.1) is 6.61 Å². The lowest BCUT2D eigenvalue weighted by atomic mass is 9.87. The van der Waals surface area contributed by atoms with Gasteiger partial charge in [0.1, 0.15) is 11.6 Å². The fourth-order valence-electron chi connectivity index (χ4n) is 4.76. The number of β-amino-alcohol motifs (C(OH)–C–C–N with tert-alkyl or cyclic N) is 1. The van der Waals surface area contributed by atoms with Gasteiger partial charge in [0, 0.05) is 64.0 Å². The zero-order chi connectivity index (χ0) is 20.9. The van der Waals surface area contributed by atoms with Gasteiger partial charge >= 0.3 is 0 Å². The van der Waals surface area contributed by atoms with Crippen molar-refractivity contribution in [3.8, 4) is 0 Å². The molecule has 2 heterocycles. The van der Waals surface area contributed by atoms with Gasteiger partial charge in [-0.15, -0.1) is 0 Å². The molecule has 2 aliphatic heterocycles. The highest BCUT2D eigenvalue weighted by atomic mass is 19.1. The SMILES string of the molecule is OCCN1CCN(CCN2CCCC(c3ccc(F)cc3)c3ccc(F)cc32)CC1. The number of hydrogen-bond acceptors (Lipinski definition) is 4. The molecule has 2 aliphatic rings. The lowest BCUT2D eigenvalue weighted by Gasteiger charge is -2.36. The minimum atomic E-state index is -0.229. The Morgan fingerprint density at radius 2 is 1.47 bits per heavy atom. The Morgan fingerprint density at radius 3 is 2.17 bits per heavy atom. The van der Waals surface area contributed by atoms with Gasteiger partial charge in [-0.3, -0.25) is 9.80 Å². The highest BCUT2D eigenvalue weighted by Gasteiger charge is 2.25. The number of rotatable bonds is 6. The molecule has 0 radical (unpaired) electrons. The number of fused-ring (bicyclic) bond motifs is 1. The number of piperazine rings is 1. The van der Waals surface area contributed by atoms with Crippen LogP contribution in [-0.2, 0) is 0 Å². The first-order chi connectivity index (χ1) is 14.6. The molecule has 0 saturated carbocycles. The molecule has 0 aromatic heterocycles. The zero-order valence-corrected chi connectivity index (χ0v) is 17.4. The Hall–Kier alpha value is -2.02. The van der Waals surface area contributed by atoms with Gasteiger partial charge in [0.15, 0.2) is 0 Å². The molecule has 6 heteroatoms. The van der Waals surface area contributed by atoms with E-state index < -0.39 is 0 Å². The Labute approximate surface area is 177 Å². The topological polar surface area (TPSA) is 30.0 Å². The minimum Gasteiger partial charge on any atom is -0.395 e. The van der Waals surface area contributed by atoms with Gasteiger partial charge in [-0.25, -0.2) is 8.78 Å². The summed E-state index contributed by atoms with van der Waals surface area (Å²) in [7, 11) is 0. The number of nitrogens with zero attached hydrogens (tertiary/aromatic N) is 3. The predicted octanol–water partition coefficient (Wildman–Crippen LogP) is 3.31. The monoisotopic (exact) mass is 415 g/mol. The summed E-state index contributed by atoms with van der Waals surface area (Å²) >= 11 is 0. The minimum absolute atomic E-state index is 0.160. The van der Waals surface area contributed by atoms with E-state index in [9.17, 15) is 8.78 Å². The molecule has 4 rings (SSSR count). The van der Waals surface area contributed by atoms with E-state index in [-0.39, 0.29) is 24.2 Å². The van der Waals surface area contributed by atoms with Crippen LogP contribution in [0.25, 0.3) is 0 Å². The van der Waals surface area contributed by atoms with Crippen LogP contribution in [0.5, 0.6) is 0 Å². The van der Waals surface area contributed by atoms with Gasteiger partial charge in [0.2, 0.25) is 0 Å². The summed E-state index contributed by atoms with van der Waals surface area (Å²) in [5.74, 6) is -0.281. The van der Waals surface area contributed by atoms with Crippen LogP contribution >= 0.6 is 0 Å². The Kier molecular flexibility index (Phi) is 6.97. The summed E-state index contributed by atoms with van der Waals surface area (Å²) in [6, 6.07) is 11.8. The van der Waals surface area contributed by atoms with Crippen molar-refractivity contribution in [1.29, 1.82) is 0 Å². The van der Waals surface area contributed by atoms with E-state index in [4.69, 9.17) is 5.11 Å². The standard InChI is InChI=1S/C24H31F2N3O/c25-20-5-3-19(4-6-20)22-2-1-9-29(24-18-21(26)7-8-23(22)24)15-14-27-10-12-28(13-11-27)16-17-30/h3-8,18,22,30H,1-2,9-17H2. The molecule has 4 nitrogen and oxygen atoms in total. The molecule has 1 N–H and O–H groups in total. The quantitative estimate of drug-likeness (QED) is 0.784. The molecule has 0 spiro atoms. The fourth-order valence-corrected chi connectivity index (χ4v) is 4.76. The van der Waals surface area contributed by atoms with Crippen molar-refractivity contribution >= 4 is 5.69 Å². The summed E-state index contributed by atoms with van der Waals surface area (Å²) in [5, 5.41) is 9.11. The third-order valence-corrected chi connectivity index (χ3v) is 6.47. The number of anilines is 1. The average Bonchev–Trinajstić information content (AvgIpc) is 2.93. The van der Waals surface area contributed by atoms with Gasteiger partial charge in [-0.05, 0) is 48.2 Å². The van der Waals surface area contributed by atoms with Crippen LogP contribution in [-0.4, -0.2) is 73.9 Å². The summed E-state index contributed by atoms with van der Waals surface area (Å²) in [6.45, 7) is 7.65. The van der Waals surface area contributed by atoms with E-state index in [1.807, 2.05) is 18.2 Å². The molecule has 2 aromatic carbocycles. The smallest absolute Gasteiger partial charge is 0.125 e. The van der Waals surface area contributed by atoms with E-state index in [1.54, 1.807) is 12.1 Å². The van der Waals surface area contributed by atoms with Gasteiger partial charge in [-0.1, -0.05) is 18.2 Å². The van der Waals surface area contributed by atoms with E-state index >= 15 is 0 Å². The van der Waals surface area contributed by atoms with Crippen molar-refractivity contribution < 1.29 is 13.9 Å². The first-order valence-corrected chi connectivity index (χ1v) is 11.0. The Bertz CT molecular complexity index is 822. The van der Waals surface area contributed by atoms with Crippen LogP contribution < -0.4 is 4.90 Å². The van der Waals surface area contributed by atoms with Crippen LogP contribution in [0.1, 0.15) is 29.9 Å². The Morgan fingerprint density at radius 1 is 0.800 bits per heavy atom. The highest BCUT2D eigenvalue weighted by molar-refractivity contribution is 5.58. The van der Waals surface area contributed by atoms with Crippen LogP contribution in [0.15, 0.2) is 42.5 Å². The largest absolute Gasteiger partial charge is 0.395 e. The van der Waals surface area contributed by atoms with Crippen molar-refractivity contribution in [2.45, 2.75) is 18.8 Å². The molecule has 2 aromatic rings. The summed E-state index contributed by atoms with van der Waals surface area (Å²) in [5.41, 5.74) is 3.19. The van der Waals surface area contributed by atoms with E-state index in [0.29, 0.717) is 0 Å². The zero-order valence-electron chi connectivity index (χ0n) is 17.4. The molecule has 0 bridgehead atoms. The van der Waals surface area contributed by atoms with Crippen molar-refractivity contribution in [3.05, 3.63) is 65.2 Å². The number of aliphatic hydroxyl groups excluding tert-OH is 1. The molecule has 1 unspecified atom stereocenters. The van der Waals surface area contributed by atoms with Crippen molar-refractivity contribution in [1.82, 2.24) is 9.80 Å². The molecule has 0 aliphatic carbocycles. The van der Waals surface area contributed by atoms with E-state index in [1.165, 1.54) is 12.1 Å². The number of aliphatic hydroxyl groups is 1. The van der Waals surface area contributed by atoms with Crippen LogP contribution in [0.2, 0.25) is 0 Å². The maximum absolute atomic E-state index is 14.2. The maximum atomic E-state index is 14.2.